The van der Waals surface area contributed by atoms with Crippen molar-refractivity contribution in [2.75, 3.05) is 6.54 Å². The summed E-state index contributed by atoms with van der Waals surface area (Å²) in [7, 11) is 0. The van der Waals surface area contributed by atoms with Gasteiger partial charge in [0, 0.05) is 6.20 Å². The van der Waals surface area contributed by atoms with E-state index in [1.54, 1.807) is 18.3 Å². The molecular formula is C19H23N3O2. The topological polar surface area (TPSA) is 65.5 Å². The van der Waals surface area contributed by atoms with E-state index in [-0.39, 0.29) is 18.2 Å². The maximum absolute atomic E-state index is 13.2. The first-order valence-electron chi connectivity index (χ1n) is 9.06. The zero-order valence-corrected chi connectivity index (χ0v) is 14.2. The second kappa shape index (κ2) is 4.58. The fourth-order valence-corrected chi connectivity index (χ4v) is 6.04. The van der Waals surface area contributed by atoms with E-state index < -0.39 is 5.41 Å². The summed E-state index contributed by atoms with van der Waals surface area (Å²) in [4.78, 5) is 28.4. The van der Waals surface area contributed by atoms with E-state index in [2.05, 4.69) is 17.0 Å². The average molecular weight is 325 g/mol. The molecule has 3 saturated carbocycles. The Kier molecular flexibility index (Phi) is 2.76. The fourth-order valence-electron chi connectivity index (χ4n) is 6.04. The molecule has 1 aliphatic heterocycles. The highest BCUT2D eigenvalue weighted by Crippen LogP contribution is 2.73. The van der Waals surface area contributed by atoms with Crippen molar-refractivity contribution in [2.24, 2.45) is 40.1 Å². The van der Waals surface area contributed by atoms with Crippen LogP contribution in [-0.2, 0) is 4.79 Å². The van der Waals surface area contributed by atoms with E-state index in [9.17, 15) is 9.59 Å². The fraction of sp³-hybridized carbons (Fsp3) is 0.632. The highest BCUT2D eigenvalue weighted by atomic mass is 16.2. The zero-order valence-electron chi connectivity index (χ0n) is 14.2. The van der Waals surface area contributed by atoms with Crippen LogP contribution in [0.2, 0.25) is 0 Å². The van der Waals surface area contributed by atoms with Gasteiger partial charge in [0.1, 0.15) is 6.54 Å². The van der Waals surface area contributed by atoms with E-state index in [0.717, 1.165) is 23.5 Å². The summed E-state index contributed by atoms with van der Waals surface area (Å²) < 4.78 is 0. The number of aromatic amines is 1. The molecule has 1 aromatic heterocycles. The van der Waals surface area contributed by atoms with Crippen LogP contribution in [0.25, 0.3) is 0 Å². The Bertz CT molecular complexity index is 753. The summed E-state index contributed by atoms with van der Waals surface area (Å²) in [5.41, 5.74) is 0.912. The molecule has 0 aromatic carbocycles. The number of hydrogen-bond acceptors (Lipinski definition) is 3. The minimum Gasteiger partial charge on any atom is -0.359 e. The van der Waals surface area contributed by atoms with Crippen molar-refractivity contribution < 1.29 is 9.59 Å². The molecule has 0 radical (unpaired) electrons. The molecule has 3 aliphatic carbocycles. The number of nitrogens with one attached hydrogen (secondary N) is 1. The van der Waals surface area contributed by atoms with Gasteiger partial charge in [-0.1, -0.05) is 0 Å². The molecule has 5 rings (SSSR count). The number of fused-ring (bicyclic) bond motifs is 1. The lowest BCUT2D eigenvalue weighted by atomic mass is 9.67. The highest BCUT2D eigenvalue weighted by molar-refractivity contribution is 6.12. The van der Waals surface area contributed by atoms with Crippen molar-refractivity contribution in [3.63, 3.8) is 0 Å². The van der Waals surface area contributed by atoms with Crippen molar-refractivity contribution >= 4 is 17.4 Å². The summed E-state index contributed by atoms with van der Waals surface area (Å²) in [6.45, 7) is 4.06. The van der Waals surface area contributed by atoms with E-state index >= 15 is 0 Å². The first-order valence-corrected chi connectivity index (χ1v) is 9.06. The standard InChI is InChI=1S/C19H23N3O2/c1-10-19(2,14-8-13-11-5-6-12(14)17(11)13)18(24)22(21-10)9-16(23)15-4-3-7-20-15/h3-4,7,11-14,17,20H,5-6,8-9H2,1-2H3. The first-order chi connectivity index (χ1) is 11.5. The molecule has 5 heteroatoms. The number of nitrogens with zero attached hydrogens (tertiary/aromatic N) is 2. The number of carbonyl (C=O) groups excluding carboxylic acids is 2. The van der Waals surface area contributed by atoms with Crippen LogP contribution in [0.3, 0.4) is 0 Å². The van der Waals surface area contributed by atoms with Crippen LogP contribution >= 0.6 is 0 Å². The molecule has 6 atom stereocenters. The summed E-state index contributed by atoms with van der Waals surface area (Å²) in [6.07, 6.45) is 5.52. The maximum atomic E-state index is 13.2. The lowest BCUT2D eigenvalue weighted by Crippen LogP contribution is -2.45. The van der Waals surface area contributed by atoms with Gasteiger partial charge in [-0.05, 0) is 74.8 Å². The molecule has 6 unspecified atom stereocenters. The second-order valence-electron chi connectivity index (χ2n) is 8.25. The van der Waals surface area contributed by atoms with Crippen molar-refractivity contribution in [3.05, 3.63) is 24.0 Å². The van der Waals surface area contributed by atoms with E-state index in [1.165, 1.54) is 24.3 Å². The number of Topliss-reactive ketones (excluding diaryl/α,β-unsaturated/α-hetero) is 1. The van der Waals surface area contributed by atoms with Crippen LogP contribution in [0.15, 0.2) is 23.4 Å². The predicted molar refractivity (Wildman–Crippen MR) is 89.4 cm³/mol. The van der Waals surface area contributed by atoms with E-state index in [4.69, 9.17) is 0 Å². The average Bonchev–Trinajstić information content (AvgIpc) is 3.04. The third kappa shape index (κ3) is 1.68. The largest absolute Gasteiger partial charge is 0.359 e. The van der Waals surface area contributed by atoms with Gasteiger partial charge in [0.15, 0.2) is 0 Å². The number of hydrazone groups is 1. The minimum atomic E-state index is -0.511. The van der Waals surface area contributed by atoms with Gasteiger partial charge in [0.25, 0.3) is 5.91 Å². The second-order valence-corrected chi connectivity index (χ2v) is 8.25. The molecule has 1 N–H and O–H groups in total. The zero-order chi connectivity index (χ0) is 16.6. The monoisotopic (exact) mass is 325 g/mol. The van der Waals surface area contributed by atoms with Crippen LogP contribution < -0.4 is 0 Å². The maximum Gasteiger partial charge on any atom is 0.255 e. The van der Waals surface area contributed by atoms with Crippen molar-refractivity contribution in [3.8, 4) is 0 Å². The molecule has 4 aliphatic rings. The van der Waals surface area contributed by atoms with Gasteiger partial charge < -0.3 is 4.98 Å². The number of ketones is 1. The molecule has 5 nitrogen and oxygen atoms in total. The number of H-pyrrole nitrogens is 1. The van der Waals surface area contributed by atoms with Gasteiger partial charge in [0.05, 0.1) is 16.8 Å². The summed E-state index contributed by atoms with van der Waals surface area (Å²) in [6, 6.07) is 3.53. The summed E-state index contributed by atoms with van der Waals surface area (Å²) >= 11 is 0. The molecule has 0 saturated heterocycles. The quantitative estimate of drug-likeness (QED) is 0.865. The Morgan fingerprint density at radius 3 is 2.88 bits per heavy atom. The number of rotatable bonds is 4. The number of carbonyl (C=O) groups is 2. The van der Waals surface area contributed by atoms with Gasteiger partial charge in [-0.15, -0.1) is 0 Å². The highest BCUT2D eigenvalue weighted by Gasteiger charge is 2.69. The Balaban J connectivity index is 1.38. The predicted octanol–water partition coefficient (Wildman–Crippen LogP) is 2.71. The molecule has 3 fully saturated rings. The Labute approximate surface area is 141 Å². The summed E-state index contributed by atoms with van der Waals surface area (Å²) in [5.74, 6) is 3.72. The van der Waals surface area contributed by atoms with Crippen LogP contribution in [0, 0.1) is 35.0 Å². The van der Waals surface area contributed by atoms with Crippen molar-refractivity contribution in [2.45, 2.75) is 33.1 Å². The third-order valence-electron chi connectivity index (χ3n) is 7.40. The van der Waals surface area contributed by atoms with Gasteiger partial charge in [0.2, 0.25) is 5.78 Å². The molecule has 0 bridgehead atoms. The van der Waals surface area contributed by atoms with Gasteiger partial charge in [-0.3, -0.25) is 9.59 Å². The SMILES string of the molecule is CC1=NN(CC(=O)c2ccc[nH]2)C(=O)C1(C)C1CC2C3CCC1C32. The van der Waals surface area contributed by atoms with Gasteiger partial charge in [-0.2, -0.15) is 5.10 Å². The Morgan fingerprint density at radius 2 is 2.17 bits per heavy atom. The van der Waals surface area contributed by atoms with Crippen LogP contribution in [0.5, 0.6) is 0 Å². The molecule has 1 aromatic rings. The smallest absolute Gasteiger partial charge is 0.255 e. The van der Waals surface area contributed by atoms with Crippen molar-refractivity contribution in [1.82, 2.24) is 9.99 Å². The minimum absolute atomic E-state index is 0.0228. The van der Waals surface area contributed by atoms with Gasteiger partial charge in [-0.25, -0.2) is 5.01 Å². The number of hydrogen-bond donors (Lipinski definition) is 1. The van der Waals surface area contributed by atoms with Gasteiger partial charge >= 0.3 is 0 Å². The number of amides is 1. The first kappa shape index (κ1) is 14.4. The molecule has 126 valence electrons. The van der Waals surface area contributed by atoms with Crippen LogP contribution in [-0.4, -0.2) is 33.9 Å². The Hall–Kier alpha value is -1.91. The normalized spacial score (nSPS) is 42.4. The summed E-state index contributed by atoms with van der Waals surface area (Å²) in [5, 5.41) is 5.92. The van der Waals surface area contributed by atoms with Crippen LogP contribution in [0.1, 0.15) is 43.6 Å². The van der Waals surface area contributed by atoms with Crippen molar-refractivity contribution in [1.29, 1.82) is 0 Å². The lowest BCUT2D eigenvalue weighted by Gasteiger charge is -2.34. The molecule has 24 heavy (non-hydrogen) atoms. The number of aromatic nitrogens is 1. The molecule has 0 spiro atoms. The molecule has 1 amide bonds. The Morgan fingerprint density at radius 1 is 1.38 bits per heavy atom. The lowest BCUT2D eigenvalue weighted by molar-refractivity contribution is -0.138. The van der Waals surface area contributed by atoms with E-state index in [1.807, 2.05) is 6.92 Å². The van der Waals surface area contributed by atoms with Crippen LogP contribution in [0.4, 0.5) is 0 Å². The van der Waals surface area contributed by atoms with E-state index in [0.29, 0.717) is 17.5 Å². The molecule has 2 heterocycles. The molecular weight excluding hydrogens is 302 g/mol. The third-order valence-corrected chi connectivity index (χ3v) is 7.40.